The normalized spacial score (nSPS) is 14.1. The van der Waals surface area contributed by atoms with E-state index in [4.69, 9.17) is 14.2 Å². The molecule has 1 unspecified atom stereocenters. The SMILES string of the molecule is COc1c(C)c(C(=O)/C=C(\C)CC/C=C(\C)CC/C=C(\C)CC/C=C(\C)CC/C=C(\C)CC/C=C(\C)C(=O)NC(C)O)c(O)c(OC)c1OC. The summed E-state index contributed by atoms with van der Waals surface area (Å²) >= 11 is 0. The molecule has 278 valence electrons. The number of aromatic hydroxyl groups is 1. The molecule has 0 saturated carbocycles. The molecule has 50 heavy (non-hydrogen) atoms. The number of carbonyl (C=O) groups is 2. The van der Waals surface area contributed by atoms with Gasteiger partial charge in [-0.15, -0.1) is 0 Å². The average Bonchev–Trinajstić information content (AvgIpc) is 3.04. The Kier molecular flexibility index (Phi) is 20.6. The van der Waals surface area contributed by atoms with E-state index in [0.717, 1.165) is 69.8 Å². The summed E-state index contributed by atoms with van der Waals surface area (Å²) in [4.78, 5) is 25.0. The zero-order valence-electron chi connectivity index (χ0n) is 32.5. The molecule has 1 aromatic carbocycles. The van der Waals surface area contributed by atoms with Crippen molar-refractivity contribution in [2.75, 3.05) is 21.3 Å². The number of aliphatic hydroxyl groups is 1. The van der Waals surface area contributed by atoms with E-state index in [0.29, 0.717) is 16.9 Å². The molecule has 0 aliphatic carbocycles. The first-order valence-corrected chi connectivity index (χ1v) is 17.7. The van der Waals surface area contributed by atoms with Crippen LogP contribution in [0.4, 0.5) is 0 Å². The Labute approximate surface area is 301 Å². The molecule has 0 aliphatic heterocycles. The summed E-state index contributed by atoms with van der Waals surface area (Å²) in [6.45, 7) is 15.7. The number of amides is 1. The minimum atomic E-state index is -0.842. The van der Waals surface area contributed by atoms with Gasteiger partial charge in [-0.05, 0) is 126 Å². The van der Waals surface area contributed by atoms with Crippen molar-refractivity contribution in [3.63, 3.8) is 0 Å². The van der Waals surface area contributed by atoms with Crippen molar-refractivity contribution in [3.05, 3.63) is 81.0 Å². The number of methoxy groups -OCH3 is 3. The van der Waals surface area contributed by atoms with Gasteiger partial charge in [-0.3, -0.25) is 9.59 Å². The molecule has 0 heterocycles. The van der Waals surface area contributed by atoms with Crippen LogP contribution in [-0.4, -0.2) is 49.5 Å². The third kappa shape index (κ3) is 15.7. The summed E-state index contributed by atoms with van der Waals surface area (Å²) in [5.41, 5.74) is 7.68. The van der Waals surface area contributed by atoms with Crippen LogP contribution in [0.2, 0.25) is 0 Å². The highest BCUT2D eigenvalue weighted by Crippen LogP contribution is 2.49. The van der Waals surface area contributed by atoms with Gasteiger partial charge in [0, 0.05) is 11.1 Å². The van der Waals surface area contributed by atoms with Crippen molar-refractivity contribution < 1.29 is 34.0 Å². The van der Waals surface area contributed by atoms with Crippen molar-refractivity contribution in [1.82, 2.24) is 5.32 Å². The number of ketones is 1. The third-order valence-corrected chi connectivity index (χ3v) is 8.63. The second kappa shape index (κ2) is 23.4. The Morgan fingerprint density at radius 2 is 1.02 bits per heavy atom. The highest BCUT2D eigenvalue weighted by Gasteiger charge is 2.27. The highest BCUT2D eigenvalue weighted by atomic mass is 16.5. The van der Waals surface area contributed by atoms with Crippen LogP contribution in [0.5, 0.6) is 23.0 Å². The number of ether oxygens (including phenoxy) is 3. The first-order valence-electron chi connectivity index (χ1n) is 17.7. The smallest absolute Gasteiger partial charge is 0.248 e. The standard InChI is InChI=1S/C42H63NO7/c1-28(17-12-18-29(2)20-14-22-31(4)24-16-26-33(6)42(47)43-35(8)44)19-13-21-30(3)23-15-25-32(5)27-36(45)37-34(7)39(48-9)41(50-11)40(49-10)38(37)46/h18-19,22-23,26-27,35,44,46H,12-17,20-21,24-25H2,1-11H3,(H,43,47)/b28-19+,29-18+,30-23+,31-22+,32-27+,33-26+. The molecule has 0 bridgehead atoms. The van der Waals surface area contributed by atoms with E-state index in [1.807, 2.05) is 13.0 Å². The lowest BCUT2D eigenvalue weighted by Crippen LogP contribution is -2.32. The number of allylic oxidation sites excluding steroid dienone is 11. The van der Waals surface area contributed by atoms with Crippen LogP contribution < -0.4 is 19.5 Å². The number of aliphatic hydroxyl groups excluding tert-OH is 1. The highest BCUT2D eigenvalue weighted by molar-refractivity contribution is 6.09. The first-order chi connectivity index (χ1) is 23.7. The van der Waals surface area contributed by atoms with Gasteiger partial charge in [-0.1, -0.05) is 58.2 Å². The van der Waals surface area contributed by atoms with E-state index in [1.165, 1.54) is 50.5 Å². The lowest BCUT2D eigenvalue weighted by atomic mass is 9.98. The van der Waals surface area contributed by atoms with Gasteiger partial charge in [0.05, 0.1) is 26.9 Å². The molecule has 1 atom stereocenters. The molecule has 0 radical (unpaired) electrons. The summed E-state index contributed by atoms with van der Waals surface area (Å²) in [6, 6.07) is 0. The van der Waals surface area contributed by atoms with Gasteiger partial charge in [0.2, 0.25) is 17.4 Å². The predicted molar refractivity (Wildman–Crippen MR) is 205 cm³/mol. The lowest BCUT2D eigenvalue weighted by molar-refractivity contribution is -0.120. The summed E-state index contributed by atoms with van der Waals surface area (Å²) in [6.07, 6.45) is 21.4. The fourth-order valence-electron chi connectivity index (χ4n) is 5.58. The Bertz CT molecular complexity index is 1440. The minimum Gasteiger partial charge on any atom is -0.504 e. The zero-order valence-corrected chi connectivity index (χ0v) is 32.5. The van der Waals surface area contributed by atoms with Crippen LogP contribution in [0, 0.1) is 6.92 Å². The number of hydrogen-bond acceptors (Lipinski definition) is 7. The molecule has 8 heteroatoms. The Morgan fingerprint density at radius 1 is 0.640 bits per heavy atom. The molecular weight excluding hydrogens is 630 g/mol. The number of rotatable bonds is 22. The van der Waals surface area contributed by atoms with Crippen molar-refractivity contribution in [1.29, 1.82) is 0 Å². The van der Waals surface area contributed by atoms with Gasteiger partial charge >= 0.3 is 0 Å². The molecule has 0 aliphatic rings. The van der Waals surface area contributed by atoms with Crippen molar-refractivity contribution in [2.45, 2.75) is 126 Å². The van der Waals surface area contributed by atoms with E-state index >= 15 is 0 Å². The average molecular weight is 694 g/mol. The molecule has 8 nitrogen and oxygen atoms in total. The van der Waals surface area contributed by atoms with Gasteiger partial charge in [0.1, 0.15) is 6.23 Å². The van der Waals surface area contributed by atoms with Crippen molar-refractivity contribution in [3.8, 4) is 23.0 Å². The van der Waals surface area contributed by atoms with Crippen molar-refractivity contribution in [2.24, 2.45) is 0 Å². The summed E-state index contributed by atoms with van der Waals surface area (Å²) in [5, 5.41) is 22.6. The second-order valence-electron chi connectivity index (χ2n) is 13.2. The van der Waals surface area contributed by atoms with E-state index in [1.54, 1.807) is 19.9 Å². The first kappa shape index (κ1) is 44.0. The maximum absolute atomic E-state index is 13.2. The third-order valence-electron chi connectivity index (χ3n) is 8.63. The van der Waals surface area contributed by atoms with Crippen LogP contribution in [-0.2, 0) is 4.79 Å². The van der Waals surface area contributed by atoms with Crippen LogP contribution >= 0.6 is 0 Å². The molecular formula is C42H63NO7. The van der Waals surface area contributed by atoms with Crippen molar-refractivity contribution >= 4 is 11.7 Å². The predicted octanol–water partition coefficient (Wildman–Crippen LogP) is 9.94. The fourth-order valence-corrected chi connectivity index (χ4v) is 5.58. The second-order valence-corrected chi connectivity index (χ2v) is 13.2. The quantitative estimate of drug-likeness (QED) is 0.0479. The maximum Gasteiger partial charge on any atom is 0.248 e. The molecule has 0 saturated heterocycles. The van der Waals surface area contributed by atoms with E-state index in [2.05, 4.69) is 57.3 Å². The topological polar surface area (TPSA) is 114 Å². The van der Waals surface area contributed by atoms with E-state index < -0.39 is 6.23 Å². The molecule has 1 rings (SSSR count). The number of nitrogens with one attached hydrogen (secondary N) is 1. The largest absolute Gasteiger partial charge is 0.504 e. The molecule has 0 aromatic heterocycles. The summed E-state index contributed by atoms with van der Waals surface area (Å²) < 4.78 is 16.1. The minimum absolute atomic E-state index is 0.0745. The molecule has 1 aromatic rings. The maximum atomic E-state index is 13.2. The Balaban J connectivity index is 2.51. The van der Waals surface area contributed by atoms with Crippen LogP contribution in [0.25, 0.3) is 0 Å². The molecule has 1 amide bonds. The molecule has 0 spiro atoms. The monoisotopic (exact) mass is 693 g/mol. The van der Waals surface area contributed by atoms with Gasteiger partial charge in [0.25, 0.3) is 0 Å². The van der Waals surface area contributed by atoms with Gasteiger partial charge in [-0.25, -0.2) is 0 Å². The number of phenols is 1. The number of benzene rings is 1. The van der Waals surface area contributed by atoms with Crippen LogP contribution in [0.3, 0.4) is 0 Å². The number of carbonyl (C=O) groups excluding carboxylic acids is 2. The summed E-state index contributed by atoms with van der Waals surface area (Å²) in [7, 11) is 4.36. The molecule has 0 fully saturated rings. The number of phenolic OH excluding ortho intramolecular Hbond substituents is 1. The van der Waals surface area contributed by atoms with E-state index in [9.17, 15) is 19.8 Å². The lowest BCUT2D eigenvalue weighted by Gasteiger charge is -2.18. The zero-order chi connectivity index (χ0) is 37.8. The fraction of sp³-hybridized carbons (Fsp3) is 0.524. The van der Waals surface area contributed by atoms with Crippen LogP contribution in [0.1, 0.15) is 129 Å². The molecule has 3 N–H and O–H groups in total. The summed E-state index contributed by atoms with van der Waals surface area (Å²) in [5.74, 6) is -0.0939. The van der Waals surface area contributed by atoms with Gasteiger partial charge in [0.15, 0.2) is 17.3 Å². The van der Waals surface area contributed by atoms with Gasteiger partial charge in [-0.2, -0.15) is 0 Å². The Hall–Kier alpha value is -4.04. The van der Waals surface area contributed by atoms with Gasteiger partial charge < -0.3 is 29.7 Å². The van der Waals surface area contributed by atoms with E-state index in [-0.39, 0.29) is 34.5 Å². The van der Waals surface area contributed by atoms with Crippen LogP contribution in [0.15, 0.2) is 69.9 Å². The Morgan fingerprint density at radius 3 is 1.40 bits per heavy atom. The number of hydrogen-bond donors (Lipinski definition) is 3.